The van der Waals surface area contributed by atoms with E-state index >= 15 is 0 Å². The van der Waals surface area contributed by atoms with E-state index in [4.69, 9.17) is 10.7 Å². The van der Waals surface area contributed by atoms with Crippen LogP contribution < -0.4 is 10.6 Å². The lowest BCUT2D eigenvalue weighted by Gasteiger charge is -2.30. The van der Waals surface area contributed by atoms with Crippen LogP contribution in [0.4, 0.5) is 5.13 Å². The maximum atomic E-state index is 5.73. The number of anilines is 1. The SMILES string of the molecule is CC(C)(C)c1nsc(N(CCCN)C2CCCCCC2)n1. The van der Waals surface area contributed by atoms with Gasteiger partial charge in [0.25, 0.3) is 0 Å². The Morgan fingerprint density at radius 1 is 1.19 bits per heavy atom. The van der Waals surface area contributed by atoms with Crippen LogP contribution in [0.2, 0.25) is 0 Å². The Hall–Kier alpha value is -0.680. The van der Waals surface area contributed by atoms with Gasteiger partial charge < -0.3 is 10.6 Å². The third kappa shape index (κ3) is 4.65. The Kier molecular flexibility index (Phi) is 5.99. The molecule has 0 radical (unpaired) electrons. The Morgan fingerprint density at radius 2 is 1.86 bits per heavy atom. The molecule has 1 heterocycles. The van der Waals surface area contributed by atoms with Crippen molar-refractivity contribution in [2.75, 3.05) is 18.0 Å². The van der Waals surface area contributed by atoms with Crippen LogP contribution in [-0.2, 0) is 5.41 Å². The molecule has 0 saturated heterocycles. The van der Waals surface area contributed by atoms with E-state index in [2.05, 4.69) is 30.0 Å². The van der Waals surface area contributed by atoms with Crippen molar-refractivity contribution < 1.29 is 0 Å². The summed E-state index contributed by atoms with van der Waals surface area (Å²) in [6.07, 6.45) is 9.05. The predicted octanol–water partition coefficient (Wildman–Crippen LogP) is 3.71. The fraction of sp³-hybridized carbons (Fsp3) is 0.875. The highest BCUT2D eigenvalue weighted by molar-refractivity contribution is 7.09. The van der Waals surface area contributed by atoms with E-state index in [9.17, 15) is 0 Å². The van der Waals surface area contributed by atoms with Crippen LogP contribution in [0, 0.1) is 0 Å². The maximum Gasteiger partial charge on any atom is 0.205 e. The number of nitrogens with zero attached hydrogens (tertiary/aromatic N) is 3. The Morgan fingerprint density at radius 3 is 2.38 bits per heavy atom. The topological polar surface area (TPSA) is 55.0 Å². The van der Waals surface area contributed by atoms with E-state index in [0.29, 0.717) is 6.04 Å². The van der Waals surface area contributed by atoms with Crippen molar-refractivity contribution in [2.45, 2.75) is 77.2 Å². The lowest BCUT2D eigenvalue weighted by molar-refractivity contribution is 0.513. The highest BCUT2D eigenvalue weighted by Crippen LogP contribution is 2.30. The van der Waals surface area contributed by atoms with E-state index < -0.39 is 0 Å². The van der Waals surface area contributed by atoms with E-state index in [0.717, 1.165) is 30.5 Å². The second-order valence-electron chi connectivity index (χ2n) is 7.13. The molecule has 1 aromatic heterocycles. The number of aromatic nitrogens is 2. The number of nitrogens with two attached hydrogens (primary N) is 1. The minimum absolute atomic E-state index is 0.0255. The molecule has 0 aromatic carbocycles. The third-order valence-electron chi connectivity index (χ3n) is 4.20. The molecule has 1 fully saturated rings. The zero-order valence-electron chi connectivity index (χ0n) is 13.8. The molecular formula is C16H30N4S. The Labute approximate surface area is 133 Å². The zero-order valence-corrected chi connectivity index (χ0v) is 14.6. The number of hydrogen-bond donors (Lipinski definition) is 1. The van der Waals surface area contributed by atoms with Gasteiger partial charge in [0.2, 0.25) is 5.13 Å². The molecule has 1 aliphatic rings. The molecule has 0 spiro atoms. The van der Waals surface area contributed by atoms with E-state index in [1.54, 1.807) is 11.5 Å². The van der Waals surface area contributed by atoms with Gasteiger partial charge in [0.15, 0.2) is 0 Å². The quantitative estimate of drug-likeness (QED) is 0.842. The van der Waals surface area contributed by atoms with Gasteiger partial charge in [-0.15, -0.1) is 0 Å². The van der Waals surface area contributed by atoms with Crippen molar-refractivity contribution in [2.24, 2.45) is 5.73 Å². The normalized spacial score (nSPS) is 17.7. The van der Waals surface area contributed by atoms with Crippen LogP contribution >= 0.6 is 11.5 Å². The van der Waals surface area contributed by atoms with Gasteiger partial charge in [-0.05, 0) is 25.8 Å². The van der Waals surface area contributed by atoms with Crippen molar-refractivity contribution in [1.29, 1.82) is 0 Å². The average molecular weight is 311 g/mol. The van der Waals surface area contributed by atoms with E-state index in [1.165, 1.54) is 38.5 Å². The molecule has 1 saturated carbocycles. The van der Waals surface area contributed by atoms with Crippen molar-refractivity contribution in [3.8, 4) is 0 Å². The van der Waals surface area contributed by atoms with Crippen LogP contribution in [0.25, 0.3) is 0 Å². The fourth-order valence-electron chi connectivity index (χ4n) is 2.90. The first-order chi connectivity index (χ1) is 10.0. The summed E-state index contributed by atoms with van der Waals surface area (Å²) in [4.78, 5) is 7.32. The van der Waals surface area contributed by atoms with Gasteiger partial charge in [0, 0.05) is 29.5 Å². The van der Waals surface area contributed by atoms with Gasteiger partial charge in [-0.25, -0.2) is 4.98 Å². The summed E-state index contributed by atoms with van der Waals surface area (Å²) in [6, 6.07) is 0.625. The molecule has 5 heteroatoms. The minimum atomic E-state index is 0.0255. The monoisotopic (exact) mass is 310 g/mol. The largest absolute Gasteiger partial charge is 0.344 e. The predicted molar refractivity (Wildman–Crippen MR) is 91.1 cm³/mol. The molecular weight excluding hydrogens is 280 g/mol. The molecule has 1 aromatic rings. The summed E-state index contributed by atoms with van der Waals surface area (Å²) >= 11 is 1.56. The Bertz CT molecular complexity index is 416. The van der Waals surface area contributed by atoms with Gasteiger partial charge in [-0.2, -0.15) is 4.37 Å². The standard InChI is InChI=1S/C16H30N4S/c1-16(2,3)14-18-15(21-19-14)20(12-8-11-17)13-9-6-4-5-7-10-13/h13H,4-12,17H2,1-3H3. The molecule has 0 unspecified atom stereocenters. The van der Waals surface area contributed by atoms with Crippen molar-refractivity contribution in [3.63, 3.8) is 0 Å². The van der Waals surface area contributed by atoms with Crippen molar-refractivity contribution >= 4 is 16.7 Å². The summed E-state index contributed by atoms with van der Waals surface area (Å²) in [7, 11) is 0. The lowest BCUT2D eigenvalue weighted by atomic mass is 9.96. The molecule has 2 N–H and O–H groups in total. The molecule has 120 valence electrons. The fourth-order valence-corrected chi connectivity index (χ4v) is 3.86. The first kappa shape index (κ1) is 16.7. The van der Waals surface area contributed by atoms with Gasteiger partial charge in [0.05, 0.1) is 0 Å². The van der Waals surface area contributed by atoms with E-state index in [1.807, 2.05) is 0 Å². The van der Waals surface area contributed by atoms with Gasteiger partial charge in [-0.1, -0.05) is 46.5 Å². The highest BCUT2D eigenvalue weighted by atomic mass is 32.1. The summed E-state index contributed by atoms with van der Waals surface area (Å²) in [5.74, 6) is 0.967. The molecule has 1 aliphatic carbocycles. The van der Waals surface area contributed by atoms with Gasteiger partial charge >= 0.3 is 0 Å². The van der Waals surface area contributed by atoms with Crippen LogP contribution in [0.15, 0.2) is 0 Å². The number of rotatable bonds is 5. The number of hydrogen-bond acceptors (Lipinski definition) is 5. The third-order valence-corrected chi connectivity index (χ3v) is 4.95. The molecule has 0 amide bonds. The summed E-state index contributed by atoms with van der Waals surface area (Å²) < 4.78 is 4.59. The van der Waals surface area contributed by atoms with Crippen LogP contribution in [0.5, 0.6) is 0 Å². The molecule has 2 rings (SSSR count). The molecule has 21 heavy (non-hydrogen) atoms. The van der Waals surface area contributed by atoms with Crippen LogP contribution in [0.3, 0.4) is 0 Å². The maximum absolute atomic E-state index is 5.73. The Balaban J connectivity index is 2.16. The molecule has 4 nitrogen and oxygen atoms in total. The molecule has 0 aliphatic heterocycles. The second kappa shape index (κ2) is 7.54. The van der Waals surface area contributed by atoms with E-state index in [-0.39, 0.29) is 5.41 Å². The first-order valence-corrected chi connectivity index (χ1v) is 9.10. The van der Waals surface area contributed by atoms with Crippen LogP contribution in [-0.4, -0.2) is 28.5 Å². The summed E-state index contributed by atoms with van der Waals surface area (Å²) in [6.45, 7) is 8.28. The molecule has 0 atom stereocenters. The molecule has 0 bridgehead atoms. The van der Waals surface area contributed by atoms with Crippen LogP contribution in [0.1, 0.15) is 71.5 Å². The van der Waals surface area contributed by atoms with Crippen molar-refractivity contribution in [1.82, 2.24) is 9.36 Å². The first-order valence-electron chi connectivity index (χ1n) is 8.33. The lowest BCUT2D eigenvalue weighted by Crippen LogP contribution is -2.36. The van der Waals surface area contributed by atoms with Gasteiger partial charge in [0.1, 0.15) is 5.82 Å². The summed E-state index contributed by atoms with van der Waals surface area (Å²) in [5.41, 5.74) is 5.76. The smallest absolute Gasteiger partial charge is 0.205 e. The zero-order chi connectivity index (χ0) is 15.3. The summed E-state index contributed by atoms with van der Waals surface area (Å²) in [5, 5.41) is 1.10. The van der Waals surface area contributed by atoms with Crippen molar-refractivity contribution in [3.05, 3.63) is 5.82 Å². The van der Waals surface area contributed by atoms with Gasteiger partial charge in [-0.3, -0.25) is 0 Å². The minimum Gasteiger partial charge on any atom is -0.344 e. The second-order valence-corrected chi connectivity index (χ2v) is 7.86. The average Bonchev–Trinajstić information content (AvgIpc) is 2.77. The highest BCUT2D eigenvalue weighted by Gasteiger charge is 2.26.